The molecule has 0 amide bonds. The fraction of sp³-hybridized carbons (Fsp3) is 0.533. The quantitative estimate of drug-likeness (QED) is 0.716. The van der Waals surface area contributed by atoms with Crippen LogP contribution in [0.15, 0.2) is 24.3 Å². The van der Waals surface area contributed by atoms with Gasteiger partial charge in [-0.3, -0.25) is 0 Å². The maximum absolute atomic E-state index is 8.88. The SMILES string of the molecule is CCCC(CBr)CN(C)Cc1cccc(C#N)c1. The van der Waals surface area contributed by atoms with Gasteiger partial charge in [-0.1, -0.05) is 41.4 Å². The Bertz CT molecular complexity index is 398. The van der Waals surface area contributed by atoms with Crippen molar-refractivity contribution in [3.05, 3.63) is 35.4 Å². The lowest BCUT2D eigenvalue weighted by Gasteiger charge is -2.22. The van der Waals surface area contributed by atoms with Crippen molar-refractivity contribution in [1.82, 2.24) is 4.90 Å². The Morgan fingerprint density at radius 1 is 1.44 bits per heavy atom. The van der Waals surface area contributed by atoms with Gasteiger partial charge >= 0.3 is 0 Å². The summed E-state index contributed by atoms with van der Waals surface area (Å²) in [5.74, 6) is 0.708. The first-order valence-electron chi connectivity index (χ1n) is 6.43. The Morgan fingerprint density at radius 3 is 2.83 bits per heavy atom. The summed E-state index contributed by atoms with van der Waals surface area (Å²) in [6.45, 7) is 4.23. The first-order valence-corrected chi connectivity index (χ1v) is 7.55. The van der Waals surface area contributed by atoms with Gasteiger partial charge in [0.15, 0.2) is 0 Å². The van der Waals surface area contributed by atoms with Crippen LogP contribution in [0.25, 0.3) is 0 Å². The van der Waals surface area contributed by atoms with Crippen molar-refractivity contribution in [3.8, 4) is 6.07 Å². The molecule has 0 saturated heterocycles. The van der Waals surface area contributed by atoms with Gasteiger partial charge in [0.05, 0.1) is 11.6 Å². The van der Waals surface area contributed by atoms with E-state index in [-0.39, 0.29) is 0 Å². The first-order chi connectivity index (χ1) is 8.69. The Hall–Kier alpha value is -0.850. The van der Waals surface area contributed by atoms with Crippen molar-refractivity contribution < 1.29 is 0 Å². The standard InChI is InChI=1S/C15H21BrN2/c1-3-5-15(9-16)12-18(2)11-14-7-4-6-13(8-14)10-17/h4,6-8,15H,3,5,9,11-12H2,1-2H3. The monoisotopic (exact) mass is 308 g/mol. The molecule has 2 nitrogen and oxygen atoms in total. The van der Waals surface area contributed by atoms with E-state index in [9.17, 15) is 0 Å². The van der Waals surface area contributed by atoms with Crippen LogP contribution < -0.4 is 0 Å². The van der Waals surface area contributed by atoms with Crippen molar-refractivity contribution >= 4 is 15.9 Å². The van der Waals surface area contributed by atoms with Crippen molar-refractivity contribution in [2.24, 2.45) is 5.92 Å². The van der Waals surface area contributed by atoms with Crippen molar-refractivity contribution in [2.75, 3.05) is 18.9 Å². The second kappa shape index (κ2) is 8.29. The third-order valence-corrected chi connectivity index (χ3v) is 3.91. The Balaban J connectivity index is 2.53. The van der Waals surface area contributed by atoms with Crippen molar-refractivity contribution in [3.63, 3.8) is 0 Å². The molecule has 1 aromatic rings. The zero-order valence-corrected chi connectivity index (χ0v) is 12.8. The lowest BCUT2D eigenvalue weighted by atomic mass is 10.1. The van der Waals surface area contributed by atoms with Crippen LogP contribution in [0.3, 0.4) is 0 Å². The van der Waals surface area contributed by atoms with E-state index in [0.717, 1.165) is 24.0 Å². The number of hydrogen-bond donors (Lipinski definition) is 0. The summed E-state index contributed by atoms with van der Waals surface area (Å²) < 4.78 is 0. The summed E-state index contributed by atoms with van der Waals surface area (Å²) >= 11 is 3.58. The highest BCUT2D eigenvalue weighted by Crippen LogP contribution is 2.13. The molecule has 0 N–H and O–H groups in total. The smallest absolute Gasteiger partial charge is 0.0991 e. The summed E-state index contributed by atoms with van der Waals surface area (Å²) in [5.41, 5.74) is 1.95. The minimum atomic E-state index is 0.708. The highest BCUT2D eigenvalue weighted by Gasteiger charge is 2.10. The number of halogens is 1. The van der Waals surface area contributed by atoms with E-state index in [1.807, 2.05) is 18.2 Å². The molecule has 1 rings (SSSR count). The minimum Gasteiger partial charge on any atom is -0.302 e. The minimum absolute atomic E-state index is 0.708. The lowest BCUT2D eigenvalue weighted by Crippen LogP contribution is -2.26. The number of nitriles is 1. The van der Waals surface area contributed by atoms with E-state index in [0.29, 0.717) is 5.92 Å². The van der Waals surface area contributed by atoms with E-state index in [1.54, 1.807) is 0 Å². The molecule has 0 aromatic heterocycles. The van der Waals surface area contributed by atoms with Gasteiger partial charge in [0.2, 0.25) is 0 Å². The maximum atomic E-state index is 8.88. The molecule has 0 heterocycles. The van der Waals surface area contributed by atoms with Crippen LogP contribution in [0.4, 0.5) is 0 Å². The predicted octanol–water partition coefficient (Wildman–Crippen LogP) is 3.80. The van der Waals surface area contributed by atoms with Crippen LogP contribution >= 0.6 is 15.9 Å². The molecule has 0 aliphatic carbocycles. The van der Waals surface area contributed by atoms with E-state index < -0.39 is 0 Å². The highest BCUT2D eigenvalue weighted by atomic mass is 79.9. The fourth-order valence-corrected chi connectivity index (χ4v) is 2.71. The summed E-state index contributed by atoms with van der Waals surface area (Å²) in [6, 6.07) is 10.0. The average molecular weight is 309 g/mol. The van der Waals surface area contributed by atoms with E-state index in [2.05, 4.69) is 46.9 Å². The molecule has 0 fully saturated rings. The van der Waals surface area contributed by atoms with Gasteiger partial charge in [-0.25, -0.2) is 0 Å². The lowest BCUT2D eigenvalue weighted by molar-refractivity contribution is 0.273. The maximum Gasteiger partial charge on any atom is 0.0991 e. The molecule has 0 aliphatic rings. The topological polar surface area (TPSA) is 27.0 Å². The summed E-state index contributed by atoms with van der Waals surface area (Å²) in [6.07, 6.45) is 2.49. The van der Waals surface area contributed by atoms with Crippen LogP contribution in [0.1, 0.15) is 30.9 Å². The van der Waals surface area contributed by atoms with Crippen molar-refractivity contribution in [1.29, 1.82) is 5.26 Å². The zero-order valence-electron chi connectivity index (χ0n) is 11.2. The Morgan fingerprint density at radius 2 is 2.22 bits per heavy atom. The zero-order chi connectivity index (χ0) is 13.4. The second-order valence-electron chi connectivity index (χ2n) is 4.82. The molecule has 0 spiro atoms. The fourth-order valence-electron chi connectivity index (χ4n) is 2.18. The van der Waals surface area contributed by atoms with Gasteiger partial charge in [0.25, 0.3) is 0 Å². The van der Waals surface area contributed by atoms with Crippen LogP contribution in [0, 0.1) is 17.2 Å². The van der Waals surface area contributed by atoms with Gasteiger partial charge in [-0.05, 0) is 37.1 Å². The van der Waals surface area contributed by atoms with E-state index in [1.165, 1.54) is 18.4 Å². The van der Waals surface area contributed by atoms with E-state index >= 15 is 0 Å². The molecule has 0 saturated carbocycles. The molecule has 0 bridgehead atoms. The third-order valence-electron chi connectivity index (χ3n) is 2.99. The van der Waals surface area contributed by atoms with Gasteiger partial charge in [0.1, 0.15) is 0 Å². The molecule has 98 valence electrons. The number of hydrogen-bond acceptors (Lipinski definition) is 2. The van der Waals surface area contributed by atoms with Gasteiger partial charge in [-0.2, -0.15) is 5.26 Å². The molecule has 18 heavy (non-hydrogen) atoms. The average Bonchev–Trinajstić information content (AvgIpc) is 2.38. The van der Waals surface area contributed by atoms with Gasteiger partial charge in [0, 0.05) is 18.4 Å². The molecule has 1 atom stereocenters. The summed E-state index contributed by atoms with van der Waals surface area (Å²) in [5, 5.41) is 9.94. The molecular formula is C15H21BrN2. The van der Waals surface area contributed by atoms with Gasteiger partial charge in [-0.15, -0.1) is 0 Å². The van der Waals surface area contributed by atoms with Crippen molar-refractivity contribution in [2.45, 2.75) is 26.3 Å². The molecule has 0 radical (unpaired) electrons. The van der Waals surface area contributed by atoms with Crippen LogP contribution in [0.5, 0.6) is 0 Å². The number of alkyl halides is 1. The number of nitrogens with zero attached hydrogens (tertiary/aromatic N) is 2. The van der Waals surface area contributed by atoms with Crippen LogP contribution in [-0.2, 0) is 6.54 Å². The molecule has 1 unspecified atom stereocenters. The first kappa shape index (κ1) is 15.2. The van der Waals surface area contributed by atoms with Crippen LogP contribution in [-0.4, -0.2) is 23.8 Å². The number of rotatable bonds is 7. The summed E-state index contributed by atoms with van der Waals surface area (Å²) in [4.78, 5) is 2.33. The second-order valence-corrected chi connectivity index (χ2v) is 5.47. The normalized spacial score (nSPS) is 12.4. The van der Waals surface area contributed by atoms with Crippen LogP contribution in [0.2, 0.25) is 0 Å². The molecule has 0 aliphatic heterocycles. The van der Waals surface area contributed by atoms with E-state index in [4.69, 9.17) is 5.26 Å². The predicted molar refractivity (Wildman–Crippen MR) is 79.7 cm³/mol. The number of benzene rings is 1. The molecular weight excluding hydrogens is 288 g/mol. The molecule has 1 aromatic carbocycles. The highest BCUT2D eigenvalue weighted by molar-refractivity contribution is 9.09. The summed E-state index contributed by atoms with van der Waals surface area (Å²) in [7, 11) is 2.14. The third kappa shape index (κ3) is 5.20. The molecule has 3 heteroatoms. The Kier molecular flexibility index (Phi) is 7.00. The van der Waals surface area contributed by atoms with Gasteiger partial charge < -0.3 is 4.90 Å². The Labute approximate surface area is 119 Å². The largest absolute Gasteiger partial charge is 0.302 e.